The van der Waals surface area contributed by atoms with Gasteiger partial charge in [0.15, 0.2) is 0 Å². The molecule has 0 unspecified atom stereocenters. The van der Waals surface area contributed by atoms with Gasteiger partial charge >= 0.3 is 0 Å². The van der Waals surface area contributed by atoms with Crippen molar-refractivity contribution in [3.63, 3.8) is 0 Å². The summed E-state index contributed by atoms with van der Waals surface area (Å²) < 4.78 is 0. The van der Waals surface area contributed by atoms with Crippen LogP contribution in [0.15, 0.2) is 0 Å². The third kappa shape index (κ3) is 5.05. The molecule has 2 N–H and O–H groups in total. The van der Waals surface area contributed by atoms with E-state index in [9.17, 15) is 0 Å². The molecule has 0 bridgehead atoms. The van der Waals surface area contributed by atoms with Gasteiger partial charge in [0.05, 0.1) is 0 Å². The van der Waals surface area contributed by atoms with Crippen molar-refractivity contribution in [2.45, 2.75) is 52.0 Å². The molecular formula is C16H33N3. The largest absolute Gasteiger partial charge is 0.317 e. The van der Waals surface area contributed by atoms with Crippen LogP contribution in [0.5, 0.6) is 0 Å². The minimum Gasteiger partial charge on any atom is -0.317 e. The van der Waals surface area contributed by atoms with Crippen LogP contribution >= 0.6 is 0 Å². The normalized spacial score (nSPS) is 24.8. The molecule has 0 amide bonds. The fraction of sp³-hybridized carbons (Fsp3) is 1.00. The van der Waals surface area contributed by atoms with Gasteiger partial charge in [0.25, 0.3) is 0 Å². The van der Waals surface area contributed by atoms with E-state index in [2.05, 4.69) is 36.3 Å². The minimum absolute atomic E-state index is 0.355. The molecule has 0 atom stereocenters. The second-order valence-electron chi connectivity index (χ2n) is 7.45. The van der Waals surface area contributed by atoms with Crippen LogP contribution in [0.4, 0.5) is 0 Å². The molecule has 19 heavy (non-hydrogen) atoms. The van der Waals surface area contributed by atoms with E-state index >= 15 is 0 Å². The molecule has 0 aromatic carbocycles. The third-order valence-electron chi connectivity index (χ3n) is 4.89. The number of rotatable bonds is 4. The SMILES string of the molecule is CC(C)(C)N1CCC(CNCC2CCNCC2)CC1. The lowest BCUT2D eigenvalue weighted by Crippen LogP contribution is -2.47. The van der Waals surface area contributed by atoms with Crippen LogP contribution in [0.3, 0.4) is 0 Å². The van der Waals surface area contributed by atoms with Gasteiger partial charge in [-0.1, -0.05) is 0 Å². The van der Waals surface area contributed by atoms with E-state index in [1.807, 2.05) is 0 Å². The van der Waals surface area contributed by atoms with E-state index in [-0.39, 0.29) is 0 Å². The topological polar surface area (TPSA) is 27.3 Å². The van der Waals surface area contributed by atoms with Crippen LogP contribution in [0.1, 0.15) is 46.5 Å². The van der Waals surface area contributed by atoms with E-state index in [1.165, 1.54) is 65.0 Å². The Kier molecular flexibility index (Phi) is 5.67. The summed E-state index contributed by atoms with van der Waals surface area (Å²) in [6.07, 6.45) is 5.46. The van der Waals surface area contributed by atoms with Crippen molar-refractivity contribution in [1.29, 1.82) is 0 Å². The van der Waals surface area contributed by atoms with Gasteiger partial charge in [-0.25, -0.2) is 0 Å². The van der Waals surface area contributed by atoms with E-state index in [0.29, 0.717) is 5.54 Å². The first-order chi connectivity index (χ1) is 9.05. The van der Waals surface area contributed by atoms with Crippen molar-refractivity contribution in [3.8, 4) is 0 Å². The van der Waals surface area contributed by atoms with Gasteiger partial charge in [-0.05, 0) is 97.6 Å². The second kappa shape index (κ2) is 7.05. The quantitative estimate of drug-likeness (QED) is 0.817. The average molecular weight is 267 g/mol. The molecule has 2 saturated heterocycles. The number of nitrogens with one attached hydrogen (secondary N) is 2. The number of hydrogen-bond acceptors (Lipinski definition) is 3. The highest BCUT2D eigenvalue weighted by molar-refractivity contribution is 4.82. The zero-order valence-corrected chi connectivity index (χ0v) is 13.2. The molecule has 2 rings (SSSR count). The Hall–Kier alpha value is -0.120. The van der Waals surface area contributed by atoms with Crippen molar-refractivity contribution >= 4 is 0 Å². The van der Waals surface area contributed by atoms with Crippen LogP contribution in [0, 0.1) is 11.8 Å². The van der Waals surface area contributed by atoms with Gasteiger partial charge < -0.3 is 10.6 Å². The highest BCUT2D eigenvalue weighted by Gasteiger charge is 2.26. The highest BCUT2D eigenvalue weighted by atomic mass is 15.2. The summed E-state index contributed by atoms with van der Waals surface area (Å²) in [6, 6.07) is 0. The van der Waals surface area contributed by atoms with Crippen molar-refractivity contribution in [1.82, 2.24) is 15.5 Å². The monoisotopic (exact) mass is 267 g/mol. The van der Waals surface area contributed by atoms with Gasteiger partial charge in [-0.15, -0.1) is 0 Å². The van der Waals surface area contributed by atoms with Crippen LogP contribution < -0.4 is 10.6 Å². The molecule has 0 saturated carbocycles. The van der Waals surface area contributed by atoms with E-state index in [1.54, 1.807) is 0 Å². The first kappa shape index (κ1) is 15.3. The lowest BCUT2D eigenvalue weighted by Gasteiger charge is -2.41. The zero-order valence-electron chi connectivity index (χ0n) is 13.2. The molecule has 112 valence electrons. The Bertz CT molecular complexity index is 245. The fourth-order valence-electron chi connectivity index (χ4n) is 3.39. The summed E-state index contributed by atoms with van der Waals surface area (Å²) in [5.74, 6) is 1.82. The Morgan fingerprint density at radius 3 is 2.00 bits per heavy atom. The first-order valence-electron chi connectivity index (χ1n) is 8.22. The molecule has 0 radical (unpaired) electrons. The van der Waals surface area contributed by atoms with Crippen LogP contribution in [-0.4, -0.2) is 49.7 Å². The second-order valence-corrected chi connectivity index (χ2v) is 7.45. The van der Waals surface area contributed by atoms with E-state index in [4.69, 9.17) is 0 Å². The maximum Gasteiger partial charge on any atom is 0.0125 e. The summed E-state index contributed by atoms with van der Waals surface area (Å²) in [5.41, 5.74) is 0.355. The lowest BCUT2D eigenvalue weighted by molar-refractivity contribution is 0.0869. The van der Waals surface area contributed by atoms with Crippen molar-refractivity contribution < 1.29 is 0 Å². The molecule has 3 nitrogen and oxygen atoms in total. The van der Waals surface area contributed by atoms with Crippen LogP contribution in [0.2, 0.25) is 0 Å². The van der Waals surface area contributed by atoms with E-state index < -0.39 is 0 Å². The van der Waals surface area contributed by atoms with Crippen molar-refractivity contribution in [3.05, 3.63) is 0 Å². The molecule has 0 aliphatic carbocycles. The Balaban J connectivity index is 1.58. The zero-order chi connectivity index (χ0) is 13.7. The Morgan fingerprint density at radius 2 is 1.47 bits per heavy atom. The summed E-state index contributed by atoms with van der Waals surface area (Å²) >= 11 is 0. The number of hydrogen-bond donors (Lipinski definition) is 2. The molecular weight excluding hydrogens is 234 g/mol. The molecule has 0 spiro atoms. The van der Waals surface area contributed by atoms with Crippen LogP contribution in [0.25, 0.3) is 0 Å². The number of likely N-dealkylation sites (tertiary alicyclic amines) is 1. The summed E-state index contributed by atoms with van der Waals surface area (Å²) in [4.78, 5) is 2.64. The van der Waals surface area contributed by atoms with E-state index in [0.717, 1.165) is 11.8 Å². The highest BCUT2D eigenvalue weighted by Crippen LogP contribution is 2.23. The molecule has 3 heteroatoms. The third-order valence-corrected chi connectivity index (χ3v) is 4.89. The number of piperidine rings is 2. The first-order valence-corrected chi connectivity index (χ1v) is 8.22. The summed E-state index contributed by atoms with van der Waals surface area (Å²) in [5, 5.41) is 7.17. The van der Waals surface area contributed by atoms with Gasteiger partial charge in [-0.3, -0.25) is 4.90 Å². The average Bonchev–Trinajstić information content (AvgIpc) is 2.39. The van der Waals surface area contributed by atoms with Gasteiger partial charge in [0.1, 0.15) is 0 Å². The molecule has 0 aromatic heterocycles. The molecule has 2 aliphatic heterocycles. The standard InChI is InChI=1S/C16H33N3/c1-16(2,3)19-10-6-15(7-11-19)13-18-12-14-4-8-17-9-5-14/h14-15,17-18H,4-13H2,1-3H3. The molecule has 0 aromatic rings. The van der Waals surface area contributed by atoms with Crippen molar-refractivity contribution in [2.24, 2.45) is 11.8 Å². The molecule has 2 aliphatic rings. The van der Waals surface area contributed by atoms with Gasteiger partial charge in [0.2, 0.25) is 0 Å². The molecule has 2 fully saturated rings. The fourth-order valence-corrected chi connectivity index (χ4v) is 3.39. The van der Waals surface area contributed by atoms with Gasteiger partial charge in [0, 0.05) is 5.54 Å². The summed E-state index contributed by atoms with van der Waals surface area (Å²) in [6.45, 7) is 14.5. The minimum atomic E-state index is 0.355. The van der Waals surface area contributed by atoms with Crippen LogP contribution in [-0.2, 0) is 0 Å². The predicted molar refractivity (Wildman–Crippen MR) is 82.5 cm³/mol. The Morgan fingerprint density at radius 1 is 0.947 bits per heavy atom. The Labute approximate surface area is 119 Å². The maximum atomic E-state index is 3.73. The maximum absolute atomic E-state index is 3.73. The van der Waals surface area contributed by atoms with Crippen molar-refractivity contribution in [2.75, 3.05) is 39.3 Å². The lowest BCUT2D eigenvalue weighted by atomic mass is 9.92. The summed E-state index contributed by atoms with van der Waals surface area (Å²) in [7, 11) is 0. The number of nitrogens with zero attached hydrogens (tertiary/aromatic N) is 1. The smallest absolute Gasteiger partial charge is 0.0125 e. The van der Waals surface area contributed by atoms with Gasteiger partial charge in [-0.2, -0.15) is 0 Å². The molecule has 2 heterocycles. The predicted octanol–water partition coefficient (Wildman–Crippen LogP) is 2.09.